The lowest BCUT2D eigenvalue weighted by atomic mass is 9.84. The van der Waals surface area contributed by atoms with Crippen LogP contribution >= 0.6 is 0 Å². The van der Waals surface area contributed by atoms with Gasteiger partial charge in [0.2, 0.25) is 0 Å². The minimum atomic E-state index is 0.165. The molecule has 3 heteroatoms. The molecule has 0 amide bonds. The molecule has 1 aromatic rings. The Kier molecular flexibility index (Phi) is 4.69. The SMILES string of the molecule is CCC1CCC(N(C)c2ccc(C)cc2C(=N)N)CC1. The fourth-order valence-corrected chi connectivity index (χ4v) is 3.31. The number of rotatable bonds is 4. The fraction of sp³-hybridized carbons (Fsp3) is 0.588. The van der Waals surface area contributed by atoms with E-state index < -0.39 is 0 Å². The van der Waals surface area contributed by atoms with Crippen molar-refractivity contribution in [2.24, 2.45) is 11.7 Å². The van der Waals surface area contributed by atoms with E-state index in [1.165, 1.54) is 32.1 Å². The monoisotopic (exact) mass is 273 g/mol. The molecule has 1 saturated carbocycles. The van der Waals surface area contributed by atoms with Gasteiger partial charge in [-0.2, -0.15) is 0 Å². The molecule has 0 heterocycles. The first-order valence-electron chi connectivity index (χ1n) is 7.70. The van der Waals surface area contributed by atoms with Crippen LogP contribution in [0, 0.1) is 18.3 Å². The van der Waals surface area contributed by atoms with Gasteiger partial charge in [-0.3, -0.25) is 5.41 Å². The highest BCUT2D eigenvalue weighted by atomic mass is 15.1. The van der Waals surface area contributed by atoms with E-state index in [9.17, 15) is 0 Å². The smallest absolute Gasteiger partial charge is 0.124 e. The maximum absolute atomic E-state index is 7.79. The highest BCUT2D eigenvalue weighted by Crippen LogP contribution is 2.32. The minimum absolute atomic E-state index is 0.165. The van der Waals surface area contributed by atoms with Crippen LogP contribution in [-0.2, 0) is 0 Å². The standard InChI is InChI=1S/C17H27N3/c1-4-13-6-8-14(9-7-13)20(3)16-10-5-12(2)11-15(16)17(18)19/h5,10-11,13-14H,4,6-9H2,1-3H3,(H3,18,19). The van der Waals surface area contributed by atoms with Gasteiger partial charge in [0.05, 0.1) is 0 Å². The van der Waals surface area contributed by atoms with E-state index in [2.05, 4.69) is 31.0 Å². The van der Waals surface area contributed by atoms with Gasteiger partial charge in [-0.15, -0.1) is 0 Å². The Morgan fingerprint density at radius 1 is 1.30 bits per heavy atom. The summed E-state index contributed by atoms with van der Waals surface area (Å²) in [6, 6.07) is 6.82. The summed E-state index contributed by atoms with van der Waals surface area (Å²) in [6.45, 7) is 4.34. The Balaban J connectivity index is 2.17. The third-order valence-corrected chi connectivity index (χ3v) is 4.76. The predicted molar refractivity (Wildman–Crippen MR) is 86.6 cm³/mol. The number of aryl methyl sites for hydroxylation is 1. The summed E-state index contributed by atoms with van der Waals surface area (Å²) in [6.07, 6.45) is 6.46. The van der Waals surface area contributed by atoms with Crippen molar-refractivity contribution in [1.82, 2.24) is 0 Å². The summed E-state index contributed by atoms with van der Waals surface area (Å²) in [5.74, 6) is 1.07. The number of nitrogen functional groups attached to an aromatic ring is 1. The number of hydrogen-bond acceptors (Lipinski definition) is 2. The second-order valence-corrected chi connectivity index (χ2v) is 6.13. The summed E-state index contributed by atoms with van der Waals surface area (Å²) >= 11 is 0. The van der Waals surface area contributed by atoms with E-state index in [0.717, 1.165) is 22.7 Å². The molecule has 1 aliphatic rings. The van der Waals surface area contributed by atoms with Crippen LogP contribution in [0.15, 0.2) is 18.2 Å². The van der Waals surface area contributed by atoms with Gasteiger partial charge in [0.15, 0.2) is 0 Å². The number of nitrogens with zero attached hydrogens (tertiary/aromatic N) is 1. The number of amidine groups is 1. The van der Waals surface area contributed by atoms with Crippen LogP contribution < -0.4 is 10.6 Å². The van der Waals surface area contributed by atoms with Crippen molar-refractivity contribution in [2.45, 2.75) is 52.0 Å². The Morgan fingerprint density at radius 2 is 1.95 bits per heavy atom. The Labute approximate surface area is 122 Å². The average Bonchev–Trinajstić information content (AvgIpc) is 2.46. The molecule has 1 fully saturated rings. The molecule has 1 aromatic carbocycles. The number of anilines is 1. The van der Waals surface area contributed by atoms with Crippen LogP contribution in [0.4, 0.5) is 5.69 Å². The van der Waals surface area contributed by atoms with E-state index >= 15 is 0 Å². The van der Waals surface area contributed by atoms with Crippen LogP contribution in [-0.4, -0.2) is 18.9 Å². The molecule has 0 aliphatic heterocycles. The van der Waals surface area contributed by atoms with Gasteiger partial charge in [-0.05, 0) is 50.7 Å². The van der Waals surface area contributed by atoms with Crippen molar-refractivity contribution in [1.29, 1.82) is 5.41 Å². The minimum Gasteiger partial charge on any atom is -0.384 e. The Morgan fingerprint density at radius 3 is 2.50 bits per heavy atom. The van der Waals surface area contributed by atoms with Gasteiger partial charge in [0.25, 0.3) is 0 Å². The maximum atomic E-state index is 7.79. The van der Waals surface area contributed by atoms with Crippen molar-refractivity contribution in [2.75, 3.05) is 11.9 Å². The lowest BCUT2D eigenvalue weighted by molar-refractivity contribution is 0.313. The van der Waals surface area contributed by atoms with Gasteiger partial charge < -0.3 is 10.6 Å². The second-order valence-electron chi connectivity index (χ2n) is 6.13. The van der Waals surface area contributed by atoms with Gasteiger partial charge in [-0.25, -0.2) is 0 Å². The first-order chi connectivity index (χ1) is 9.52. The molecule has 20 heavy (non-hydrogen) atoms. The maximum Gasteiger partial charge on any atom is 0.124 e. The number of nitrogens with one attached hydrogen (secondary N) is 1. The molecule has 110 valence electrons. The van der Waals surface area contributed by atoms with Gasteiger partial charge in [-0.1, -0.05) is 25.0 Å². The zero-order valence-electron chi connectivity index (χ0n) is 12.9. The van der Waals surface area contributed by atoms with Gasteiger partial charge in [0, 0.05) is 24.3 Å². The number of benzene rings is 1. The zero-order valence-corrected chi connectivity index (χ0v) is 12.9. The molecule has 0 unspecified atom stereocenters. The fourth-order valence-electron chi connectivity index (χ4n) is 3.31. The molecule has 0 spiro atoms. The van der Waals surface area contributed by atoms with Crippen molar-refractivity contribution in [3.05, 3.63) is 29.3 Å². The van der Waals surface area contributed by atoms with Crippen LogP contribution in [0.2, 0.25) is 0 Å². The normalized spacial score (nSPS) is 22.6. The largest absolute Gasteiger partial charge is 0.384 e. The molecule has 2 rings (SSSR count). The van der Waals surface area contributed by atoms with Crippen molar-refractivity contribution in [3.8, 4) is 0 Å². The summed E-state index contributed by atoms with van der Waals surface area (Å²) in [5.41, 5.74) is 8.87. The zero-order chi connectivity index (χ0) is 14.7. The van der Waals surface area contributed by atoms with Gasteiger partial charge >= 0.3 is 0 Å². The molecule has 0 radical (unpaired) electrons. The summed E-state index contributed by atoms with van der Waals surface area (Å²) in [7, 11) is 2.15. The third kappa shape index (κ3) is 3.14. The topological polar surface area (TPSA) is 53.1 Å². The highest BCUT2D eigenvalue weighted by Gasteiger charge is 2.24. The van der Waals surface area contributed by atoms with Crippen LogP contribution in [0.25, 0.3) is 0 Å². The van der Waals surface area contributed by atoms with E-state index in [0.29, 0.717) is 6.04 Å². The Hall–Kier alpha value is -1.51. The van der Waals surface area contributed by atoms with E-state index in [-0.39, 0.29) is 5.84 Å². The molecule has 0 bridgehead atoms. The number of hydrogen-bond donors (Lipinski definition) is 2. The molecule has 0 aromatic heterocycles. The first-order valence-corrected chi connectivity index (χ1v) is 7.70. The summed E-state index contributed by atoms with van der Waals surface area (Å²) < 4.78 is 0. The highest BCUT2D eigenvalue weighted by molar-refractivity contribution is 6.00. The molecule has 0 atom stereocenters. The van der Waals surface area contributed by atoms with Crippen molar-refractivity contribution in [3.63, 3.8) is 0 Å². The van der Waals surface area contributed by atoms with Crippen LogP contribution in [0.5, 0.6) is 0 Å². The molecule has 0 saturated heterocycles. The molecule has 3 N–H and O–H groups in total. The number of nitrogens with two attached hydrogens (primary N) is 1. The summed E-state index contributed by atoms with van der Waals surface area (Å²) in [5, 5.41) is 7.79. The van der Waals surface area contributed by atoms with Crippen molar-refractivity contribution >= 4 is 11.5 Å². The first kappa shape index (κ1) is 14.9. The van der Waals surface area contributed by atoms with Crippen LogP contribution in [0.3, 0.4) is 0 Å². The molecule has 1 aliphatic carbocycles. The average molecular weight is 273 g/mol. The molecular formula is C17H27N3. The second kappa shape index (κ2) is 6.29. The lowest BCUT2D eigenvalue weighted by Gasteiger charge is -2.36. The van der Waals surface area contributed by atoms with Crippen LogP contribution in [0.1, 0.15) is 50.2 Å². The van der Waals surface area contributed by atoms with Gasteiger partial charge in [0.1, 0.15) is 5.84 Å². The molecule has 3 nitrogen and oxygen atoms in total. The van der Waals surface area contributed by atoms with E-state index in [1.54, 1.807) is 0 Å². The Bertz CT molecular complexity index is 473. The molecular weight excluding hydrogens is 246 g/mol. The van der Waals surface area contributed by atoms with E-state index in [1.807, 2.05) is 13.0 Å². The predicted octanol–water partition coefficient (Wildman–Crippen LogP) is 3.68. The van der Waals surface area contributed by atoms with Crippen molar-refractivity contribution < 1.29 is 0 Å². The summed E-state index contributed by atoms with van der Waals surface area (Å²) in [4.78, 5) is 2.34. The van der Waals surface area contributed by atoms with E-state index in [4.69, 9.17) is 11.1 Å². The lowest BCUT2D eigenvalue weighted by Crippen LogP contribution is -2.36. The third-order valence-electron chi connectivity index (χ3n) is 4.76. The quantitative estimate of drug-likeness (QED) is 0.649.